The molecular formula is C18H21ClFN3. The molecular weight excluding hydrogens is 313 g/mol. The van der Waals surface area contributed by atoms with E-state index < -0.39 is 0 Å². The Morgan fingerprint density at radius 2 is 1.91 bits per heavy atom. The fourth-order valence-electron chi connectivity index (χ4n) is 2.10. The highest BCUT2D eigenvalue weighted by Crippen LogP contribution is 2.29. The van der Waals surface area contributed by atoms with Crippen molar-refractivity contribution in [1.82, 2.24) is 4.90 Å². The molecule has 0 saturated heterocycles. The van der Waals surface area contributed by atoms with Gasteiger partial charge < -0.3 is 10.2 Å². The molecule has 0 heterocycles. The Kier molecular flexibility index (Phi) is 5.61. The minimum atomic E-state index is -0.363. The third-order valence-electron chi connectivity index (χ3n) is 3.58. The fraction of sp³-hybridized carbons (Fsp3) is 0.278. The Morgan fingerprint density at radius 3 is 2.57 bits per heavy atom. The highest BCUT2D eigenvalue weighted by molar-refractivity contribution is 6.30. The van der Waals surface area contributed by atoms with Crippen molar-refractivity contribution in [2.75, 3.05) is 18.9 Å². The zero-order valence-electron chi connectivity index (χ0n) is 13.8. The Hall–Kier alpha value is -2.07. The Balaban J connectivity index is 2.27. The number of hydrogen-bond donors (Lipinski definition) is 1. The van der Waals surface area contributed by atoms with Gasteiger partial charge in [-0.2, -0.15) is 0 Å². The van der Waals surface area contributed by atoms with Gasteiger partial charge in [-0.05, 0) is 62.2 Å². The fourth-order valence-corrected chi connectivity index (χ4v) is 2.32. The molecule has 0 fully saturated rings. The van der Waals surface area contributed by atoms with Gasteiger partial charge in [-0.1, -0.05) is 11.6 Å². The zero-order chi connectivity index (χ0) is 17.0. The molecule has 3 nitrogen and oxygen atoms in total. The number of anilines is 2. The number of benzene rings is 2. The van der Waals surface area contributed by atoms with Crippen LogP contribution in [0.25, 0.3) is 0 Å². The molecule has 0 spiro atoms. The minimum Gasteiger partial charge on any atom is -0.366 e. The van der Waals surface area contributed by atoms with Gasteiger partial charge in [-0.15, -0.1) is 0 Å². The van der Waals surface area contributed by atoms with Crippen LogP contribution in [-0.4, -0.2) is 24.8 Å². The van der Waals surface area contributed by atoms with Gasteiger partial charge >= 0.3 is 0 Å². The van der Waals surface area contributed by atoms with Crippen molar-refractivity contribution >= 4 is 35.0 Å². The van der Waals surface area contributed by atoms with Gasteiger partial charge in [0.15, 0.2) is 0 Å². The zero-order valence-corrected chi connectivity index (χ0v) is 14.6. The smallest absolute Gasteiger partial charge is 0.126 e. The summed E-state index contributed by atoms with van der Waals surface area (Å²) in [5.41, 5.74) is 4.53. The summed E-state index contributed by atoms with van der Waals surface area (Å²) in [7, 11) is 1.98. The molecule has 0 atom stereocenters. The third kappa shape index (κ3) is 4.70. The number of halogens is 2. The summed E-state index contributed by atoms with van der Waals surface area (Å²) in [5, 5.41) is 3.58. The van der Waals surface area contributed by atoms with Crippen LogP contribution >= 0.6 is 11.6 Å². The van der Waals surface area contributed by atoms with Crippen LogP contribution in [-0.2, 0) is 0 Å². The van der Waals surface area contributed by atoms with Crippen LogP contribution in [0.2, 0.25) is 5.02 Å². The Bertz CT molecular complexity index is 708. The van der Waals surface area contributed by atoms with E-state index in [0.29, 0.717) is 10.7 Å². The predicted octanol–water partition coefficient (Wildman–Crippen LogP) is 5.45. The minimum absolute atomic E-state index is 0.363. The van der Waals surface area contributed by atoms with Gasteiger partial charge in [0.05, 0.1) is 12.0 Å². The summed E-state index contributed by atoms with van der Waals surface area (Å²) in [6.07, 6.45) is 1.82. The van der Waals surface area contributed by atoms with E-state index in [9.17, 15) is 4.39 Å². The van der Waals surface area contributed by atoms with E-state index in [0.717, 1.165) is 29.0 Å². The molecule has 0 amide bonds. The first-order chi connectivity index (χ1) is 10.9. The van der Waals surface area contributed by atoms with E-state index in [2.05, 4.69) is 17.2 Å². The van der Waals surface area contributed by atoms with Crippen LogP contribution in [0.1, 0.15) is 18.1 Å². The Labute approximate surface area is 141 Å². The van der Waals surface area contributed by atoms with E-state index in [1.54, 1.807) is 6.07 Å². The van der Waals surface area contributed by atoms with E-state index in [1.807, 2.05) is 44.3 Å². The molecule has 1 N–H and O–H groups in total. The quantitative estimate of drug-likeness (QED) is 0.582. The number of nitrogens with zero attached hydrogens (tertiary/aromatic N) is 2. The molecule has 5 heteroatoms. The summed E-state index contributed by atoms with van der Waals surface area (Å²) < 4.78 is 13.4. The van der Waals surface area contributed by atoms with Crippen LogP contribution in [0.5, 0.6) is 0 Å². The van der Waals surface area contributed by atoms with Crippen LogP contribution in [0.15, 0.2) is 35.3 Å². The topological polar surface area (TPSA) is 27.6 Å². The molecule has 0 bridgehead atoms. The maximum atomic E-state index is 13.4. The van der Waals surface area contributed by atoms with Crippen LogP contribution in [0.3, 0.4) is 0 Å². The van der Waals surface area contributed by atoms with Gasteiger partial charge in [0, 0.05) is 30.0 Å². The largest absolute Gasteiger partial charge is 0.366 e. The summed E-state index contributed by atoms with van der Waals surface area (Å²) in [6.45, 7) is 6.97. The predicted molar refractivity (Wildman–Crippen MR) is 97.1 cm³/mol. The molecule has 0 unspecified atom stereocenters. The number of nitrogens with one attached hydrogen (secondary N) is 1. The summed E-state index contributed by atoms with van der Waals surface area (Å²) in [6, 6.07) is 8.42. The first-order valence-corrected chi connectivity index (χ1v) is 7.85. The van der Waals surface area contributed by atoms with Crippen molar-refractivity contribution in [2.24, 2.45) is 4.99 Å². The molecule has 0 saturated carbocycles. The molecule has 0 aliphatic heterocycles. The van der Waals surface area contributed by atoms with Gasteiger partial charge in [0.2, 0.25) is 0 Å². The summed E-state index contributed by atoms with van der Waals surface area (Å²) in [4.78, 5) is 6.52. The number of rotatable bonds is 5. The molecule has 122 valence electrons. The molecule has 23 heavy (non-hydrogen) atoms. The highest BCUT2D eigenvalue weighted by Gasteiger charge is 2.06. The molecule has 0 aliphatic rings. The lowest BCUT2D eigenvalue weighted by atomic mass is 10.1. The Morgan fingerprint density at radius 1 is 1.17 bits per heavy atom. The third-order valence-corrected chi connectivity index (χ3v) is 3.80. The van der Waals surface area contributed by atoms with Crippen molar-refractivity contribution in [2.45, 2.75) is 20.8 Å². The highest BCUT2D eigenvalue weighted by atomic mass is 35.5. The molecule has 2 aromatic carbocycles. The van der Waals surface area contributed by atoms with Crippen molar-refractivity contribution in [1.29, 1.82) is 0 Å². The normalized spacial score (nSPS) is 11.0. The summed E-state index contributed by atoms with van der Waals surface area (Å²) in [5.74, 6) is -0.363. The van der Waals surface area contributed by atoms with Crippen molar-refractivity contribution in [3.05, 3.63) is 52.3 Å². The van der Waals surface area contributed by atoms with E-state index in [-0.39, 0.29) is 5.82 Å². The molecule has 2 aromatic rings. The van der Waals surface area contributed by atoms with Crippen molar-refractivity contribution in [3.8, 4) is 0 Å². The maximum Gasteiger partial charge on any atom is 0.126 e. The molecule has 0 radical (unpaired) electrons. The second-order valence-electron chi connectivity index (χ2n) is 5.55. The van der Waals surface area contributed by atoms with Crippen LogP contribution in [0, 0.1) is 19.7 Å². The average molecular weight is 334 g/mol. The average Bonchev–Trinajstić information content (AvgIpc) is 2.47. The van der Waals surface area contributed by atoms with Gasteiger partial charge in [0.1, 0.15) is 5.82 Å². The maximum absolute atomic E-state index is 13.4. The SMILES string of the molecule is CCN(C)C=Nc1cc(C)c(Nc2cc(F)cc(Cl)c2)cc1C. The second-order valence-corrected chi connectivity index (χ2v) is 5.99. The molecule has 2 rings (SSSR count). The van der Waals surface area contributed by atoms with E-state index in [1.165, 1.54) is 12.1 Å². The van der Waals surface area contributed by atoms with E-state index in [4.69, 9.17) is 11.6 Å². The number of aryl methyl sites for hydroxylation is 2. The standard InChI is InChI=1S/C18H21ClFN3/c1-5-23(4)11-21-17-6-13(3)18(7-12(17)2)22-16-9-14(19)8-15(20)10-16/h6-11,22H,5H2,1-4H3. The second kappa shape index (κ2) is 7.47. The molecule has 0 aliphatic carbocycles. The number of hydrogen-bond acceptors (Lipinski definition) is 2. The van der Waals surface area contributed by atoms with Crippen molar-refractivity contribution < 1.29 is 4.39 Å². The summed E-state index contributed by atoms with van der Waals surface area (Å²) >= 11 is 5.89. The van der Waals surface area contributed by atoms with Gasteiger partial charge in [-0.3, -0.25) is 0 Å². The lowest BCUT2D eigenvalue weighted by Crippen LogP contribution is -2.14. The first kappa shape index (κ1) is 17.3. The van der Waals surface area contributed by atoms with Crippen LogP contribution in [0.4, 0.5) is 21.5 Å². The lowest BCUT2D eigenvalue weighted by molar-refractivity contribution is 0.552. The van der Waals surface area contributed by atoms with Crippen LogP contribution < -0.4 is 5.32 Å². The van der Waals surface area contributed by atoms with E-state index >= 15 is 0 Å². The molecule has 0 aromatic heterocycles. The van der Waals surface area contributed by atoms with Gasteiger partial charge in [-0.25, -0.2) is 9.38 Å². The number of aliphatic imine (C=N–C) groups is 1. The first-order valence-electron chi connectivity index (χ1n) is 7.48. The van der Waals surface area contributed by atoms with Gasteiger partial charge in [0.25, 0.3) is 0 Å². The lowest BCUT2D eigenvalue weighted by Gasteiger charge is -2.14. The monoisotopic (exact) mass is 333 g/mol. The van der Waals surface area contributed by atoms with Crippen molar-refractivity contribution in [3.63, 3.8) is 0 Å².